The van der Waals surface area contributed by atoms with Crippen molar-refractivity contribution in [2.75, 3.05) is 0 Å². The fraction of sp³-hybridized carbons (Fsp3) is 0.333. The fourth-order valence-corrected chi connectivity index (χ4v) is 1.50. The van der Waals surface area contributed by atoms with E-state index in [2.05, 4.69) is 4.98 Å². The zero-order valence-electron chi connectivity index (χ0n) is 9.07. The van der Waals surface area contributed by atoms with E-state index in [-0.39, 0.29) is 11.5 Å². The Bertz CT molecular complexity index is 555. The molecule has 0 bridgehead atoms. The lowest BCUT2D eigenvalue weighted by atomic mass is 10.1. The van der Waals surface area contributed by atoms with Gasteiger partial charge >= 0.3 is 5.63 Å². The van der Waals surface area contributed by atoms with Gasteiger partial charge in [0.2, 0.25) is 5.89 Å². The second-order valence-corrected chi connectivity index (χ2v) is 3.97. The Morgan fingerprint density at radius 3 is 2.73 bits per heavy atom. The Labute approximate surface area is 87.8 Å². The second-order valence-electron chi connectivity index (χ2n) is 3.97. The molecule has 1 aromatic heterocycles. The van der Waals surface area contributed by atoms with Crippen LogP contribution >= 0.6 is 0 Å². The third kappa shape index (κ3) is 1.65. The van der Waals surface area contributed by atoms with Gasteiger partial charge in [0.05, 0.1) is 10.9 Å². The molecule has 2 rings (SSSR count). The number of aromatic nitrogens is 1. The molecule has 15 heavy (non-hydrogen) atoms. The number of para-hydroxylation sites is 1. The predicted molar refractivity (Wildman–Crippen MR) is 59.1 cm³/mol. The highest BCUT2D eigenvalue weighted by Gasteiger charge is 2.10. The maximum Gasteiger partial charge on any atom is 0.346 e. The lowest BCUT2D eigenvalue weighted by Crippen LogP contribution is -2.06. The van der Waals surface area contributed by atoms with E-state index < -0.39 is 0 Å². The van der Waals surface area contributed by atoms with Crippen LogP contribution in [0, 0.1) is 6.92 Å². The van der Waals surface area contributed by atoms with E-state index in [0.29, 0.717) is 11.3 Å². The van der Waals surface area contributed by atoms with Crippen molar-refractivity contribution in [2.24, 2.45) is 0 Å². The molecular formula is C12H13NO2. The highest BCUT2D eigenvalue weighted by Crippen LogP contribution is 2.16. The molecule has 0 spiro atoms. The summed E-state index contributed by atoms with van der Waals surface area (Å²) < 4.78 is 5.14. The Morgan fingerprint density at radius 1 is 1.33 bits per heavy atom. The third-order valence-electron chi connectivity index (χ3n) is 2.37. The van der Waals surface area contributed by atoms with Gasteiger partial charge < -0.3 is 4.42 Å². The second kappa shape index (κ2) is 3.50. The maximum absolute atomic E-state index is 11.6. The predicted octanol–water partition coefficient (Wildman–Crippen LogP) is 2.62. The van der Waals surface area contributed by atoms with Crippen molar-refractivity contribution in [3.05, 3.63) is 40.1 Å². The summed E-state index contributed by atoms with van der Waals surface area (Å²) in [5.74, 6) is 0.628. The first-order valence-electron chi connectivity index (χ1n) is 5.00. The molecule has 0 N–H and O–H groups in total. The van der Waals surface area contributed by atoms with Gasteiger partial charge in [-0.1, -0.05) is 26.0 Å². The first kappa shape index (κ1) is 9.90. The molecular weight excluding hydrogens is 190 g/mol. The van der Waals surface area contributed by atoms with Gasteiger partial charge in [-0.2, -0.15) is 0 Å². The van der Waals surface area contributed by atoms with Crippen LogP contribution in [0.3, 0.4) is 0 Å². The summed E-state index contributed by atoms with van der Waals surface area (Å²) in [6.45, 7) is 5.85. The summed E-state index contributed by atoms with van der Waals surface area (Å²) in [6.07, 6.45) is 0. The van der Waals surface area contributed by atoms with Gasteiger partial charge in [0.25, 0.3) is 0 Å². The number of hydrogen-bond donors (Lipinski definition) is 0. The van der Waals surface area contributed by atoms with Crippen molar-refractivity contribution in [2.45, 2.75) is 26.7 Å². The van der Waals surface area contributed by atoms with Crippen LogP contribution in [-0.2, 0) is 0 Å². The van der Waals surface area contributed by atoms with Crippen LogP contribution in [0.5, 0.6) is 0 Å². The molecule has 0 saturated heterocycles. The average Bonchev–Trinajstić information content (AvgIpc) is 2.19. The number of rotatable bonds is 1. The van der Waals surface area contributed by atoms with E-state index in [1.165, 1.54) is 0 Å². The number of fused-ring (bicyclic) bond motifs is 1. The third-order valence-corrected chi connectivity index (χ3v) is 2.37. The van der Waals surface area contributed by atoms with E-state index in [0.717, 1.165) is 11.1 Å². The van der Waals surface area contributed by atoms with Gasteiger partial charge in [-0.3, -0.25) is 0 Å². The Morgan fingerprint density at radius 2 is 2.07 bits per heavy atom. The van der Waals surface area contributed by atoms with Crippen LogP contribution in [0.15, 0.2) is 27.4 Å². The van der Waals surface area contributed by atoms with Crippen LogP contribution in [0.25, 0.3) is 10.9 Å². The van der Waals surface area contributed by atoms with Gasteiger partial charge in [-0.25, -0.2) is 9.78 Å². The van der Waals surface area contributed by atoms with Gasteiger partial charge in [-0.15, -0.1) is 0 Å². The SMILES string of the molecule is Cc1cccc2c(=O)oc(C(C)C)nc12. The van der Waals surface area contributed by atoms with Gasteiger partial charge in [0, 0.05) is 5.92 Å². The number of aryl methyl sites for hydroxylation is 1. The van der Waals surface area contributed by atoms with Crippen molar-refractivity contribution in [1.82, 2.24) is 4.98 Å². The fourth-order valence-electron chi connectivity index (χ4n) is 1.50. The average molecular weight is 203 g/mol. The van der Waals surface area contributed by atoms with Crippen LogP contribution in [-0.4, -0.2) is 4.98 Å². The highest BCUT2D eigenvalue weighted by atomic mass is 16.4. The Kier molecular flexibility index (Phi) is 2.31. The molecule has 0 fully saturated rings. The van der Waals surface area contributed by atoms with E-state index in [9.17, 15) is 4.79 Å². The molecule has 0 atom stereocenters. The van der Waals surface area contributed by atoms with Crippen LogP contribution in [0.4, 0.5) is 0 Å². The van der Waals surface area contributed by atoms with Crippen LogP contribution in [0.1, 0.15) is 31.2 Å². The van der Waals surface area contributed by atoms with Crippen LogP contribution in [0.2, 0.25) is 0 Å². The quantitative estimate of drug-likeness (QED) is 0.715. The van der Waals surface area contributed by atoms with Gasteiger partial charge in [0.15, 0.2) is 0 Å². The zero-order valence-corrected chi connectivity index (χ0v) is 9.07. The maximum atomic E-state index is 11.6. The summed E-state index contributed by atoms with van der Waals surface area (Å²) in [7, 11) is 0. The minimum Gasteiger partial charge on any atom is -0.408 e. The normalized spacial score (nSPS) is 11.2. The van der Waals surface area contributed by atoms with E-state index in [4.69, 9.17) is 4.42 Å². The molecule has 0 aliphatic carbocycles. The Hall–Kier alpha value is -1.64. The number of nitrogens with zero attached hydrogens (tertiary/aromatic N) is 1. The molecule has 0 amide bonds. The molecule has 78 valence electrons. The smallest absolute Gasteiger partial charge is 0.346 e. The van der Waals surface area contributed by atoms with E-state index in [1.807, 2.05) is 32.9 Å². The molecule has 2 aromatic rings. The molecule has 0 aliphatic rings. The summed E-state index contributed by atoms with van der Waals surface area (Å²) in [4.78, 5) is 16.0. The number of hydrogen-bond acceptors (Lipinski definition) is 3. The molecule has 1 heterocycles. The molecule has 0 unspecified atom stereocenters. The minimum atomic E-state index is -0.299. The standard InChI is InChI=1S/C12H13NO2/c1-7(2)11-13-10-8(3)5-4-6-9(10)12(14)15-11/h4-7H,1-3H3. The first-order valence-corrected chi connectivity index (χ1v) is 5.00. The molecule has 3 heteroatoms. The molecule has 0 radical (unpaired) electrons. The van der Waals surface area contributed by atoms with Crippen LogP contribution < -0.4 is 5.63 Å². The first-order chi connectivity index (χ1) is 7.09. The van der Waals surface area contributed by atoms with Crippen molar-refractivity contribution < 1.29 is 4.42 Å². The Balaban J connectivity index is 2.86. The zero-order chi connectivity index (χ0) is 11.0. The van der Waals surface area contributed by atoms with E-state index in [1.54, 1.807) is 6.07 Å². The summed E-state index contributed by atoms with van der Waals surface area (Å²) in [5, 5.41) is 0.555. The van der Waals surface area contributed by atoms with Gasteiger partial charge in [0.1, 0.15) is 0 Å². The lowest BCUT2D eigenvalue weighted by molar-refractivity contribution is 0.424. The molecule has 0 aliphatic heterocycles. The van der Waals surface area contributed by atoms with Crippen molar-refractivity contribution in [3.63, 3.8) is 0 Å². The topological polar surface area (TPSA) is 43.1 Å². The van der Waals surface area contributed by atoms with Crippen molar-refractivity contribution >= 4 is 10.9 Å². The lowest BCUT2D eigenvalue weighted by Gasteiger charge is -2.05. The molecule has 0 saturated carbocycles. The van der Waals surface area contributed by atoms with Crippen molar-refractivity contribution in [3.8, 4) is 0 Å². The molecule has 3 nitrogen and oxygen atoms in total. The summed E-state index contributed by atoms with van der Waals surface area (Å²) in [5.41, 5.74) is 1.45. The van der Waals surface area contributed by atoms with Gasteiger partial charge in [-0.05, 0) is 18.6 Å². The van der Waals surface area contributed by atoms with Crippen molar-refractivity contribution in [1.29, 1.82) is 0 Å². The minimum absolute atomic E-state index is 0.127. The molecule has 1 aromatic carbocycles. The largest absolute Gasteiger partial charge is 0.408 e. The summed E-state index contributed by atoms with van der Waals surface area (Å²) in [6, 6.07) is 5.52. The number of benzene rings is 1. The van der Waals surface area contributed by atoms with E-state index >= 15 is 0 Å². The monoisotopic (exact) mass is 203 g/mol. The summed E-state index contributed by atoms with van der Waals surface area (Å²) >= 11 is 0. The highest BCUT2D eigenvalue weighted by molar-refractivity contribution is 5.80.